The number of hydrogen-bond acceptors (Lipinski definition) is 2. The van der Waals surface area contributed by atoms with Gasteiger partial charge in [-0.15, -0.1) is 0 Å². The normalized spacial score (nSPS) is 12.9. The van der Waals surface area contributed by atoms with Gasteiger partial charge in [0.1, 0.15) is 0 Å². The largest absolute Gasteiger partial charge is 4.00 e. The summed E-state index contributed by atoms with van der Waals surface area (Å²) in [6, 6.07) is 0. The van der Waals surface area contributed by atoms with Gasteiger partial charge in [0, 0.05) is 13.2 Å². The summed E-state index contributed by atoms with van der Waals surface area (Å²) in [5, 5.41) is 17.5. The predicted molar refractivity (Wildman–Crippen MR) is 80.8 cm³/mol. The maximum atomic E-state index is 8.75. The standard InChI is InChI=1S/2C8H18O.Ti/c2*1-3-5-6-8(4-2)7-9;/h2*8-9H,3-7H2,1-2H3;/q;;+4. The van der Waals surface area contributed by atoms with E-state index in [-0.39, 0.29) is 21.7 Å². The van der Waals surface area contributed by atoms with Crippen molar-refractivity contribution in [2.45, 2.75) is 79.1 Å². The number of aliphatic hydroxyl groups excluding tert-OH is 2. The molecule has 0 aromatic rings. The van der Waals surface area contributed by atoms with Gasteiger partial charge in [0.05, 0.1) is 0 Å². The van der Waals surface area contributed by atoms with E-state index < -0.39 is 0 Å². The van der Waals surface area contributed by atoms with Gasteiger partial charge in [0.15, 0.2) is 0 Å². The van der Waals surface area contributed by atoms with Crippen LogP contribution in [-0.4, -0.2) is 23.4 Å². The number of rotatable bonds is 10. The first-order chi connectivity index (χ1) is 8.69. The van der Waals surface area contributed by atoms with Crippen LogP contribution in [-0.2, 0) is 21.7 Å². The van der Waals surface area contributed by atoms with Crippen molar-refractivity contribution >= 4 is 0 Å². The molecule has 0 saturated heterocycles. The van der Waals surface area contributed by atoms with E-state index in [2.05, 4.69) is 27.7 Å². The summed E-state index contributed by atoms with van der Waals surface area (Å²) in [4.78, 5) is 0. The molecule has 0 aliphatic heterocycles. The van der Waals surface area contributed by atoms with Crippen molar-refractivity contribution in [3.63, 3.8) is 0 Å². The smallest absolute Gasteiger partial charge is 0.396 e. The Morgan fingerprint density at radius 1 is 0.684 bits per heavy atom. The molecule has 0 fully saturated rings. The Morgan fingerprint density at radius 2 is 1.00 bits per heavy atom. The molecule has 0 heterocycles. The molecule has 0 aliphatic rings. The van der Waals surface area contributed by atoms with Gasteiger partial charge in [0.2, 0.25) is 0 Å². The molecule has 0 aromatic heterocycles. The Morgan fingerprint density at radius 3 is 1.16 bits per heavy atom. The van der Waals surface area contributed by atoms with Crippen molar-refractivity contribution in [1.29, 1.82) is 0 Å². The van der Waals surface area contributed by atoms with Crippen LogP contribution in [0.4, 0.5) is 0 Å². The molecule has 2 N–H and O–H groups in total. The number of aliphatic hydroxyl groups is 2. The molecule has 3 heteroatoms. The predicted octanol–water partition coefficient (Wildman–Crippen LogP) is 4.39. The third-order valence-corrected chi connectivity index (χ3v) is 3.60. The van der Waals surface area contributed by atoms with E-state index in [1.54, 1.807) is 0 Å². The second-order valence-corrected chi connectivity index (χ2v) is 5.20. The second kappa shape index (κ2) is 20.9. The average molecular weight is 308 g/mol. The summed E-state index contributed by atoms with van der Waals surface area (Å²) in [6.07, 6.45) is 9.66. The summed E-state index contributed by atoms with van der Waals surface area (Å²) < 4.78 is 0. The number of hydrogen-bond donors (Lipinski definition) is 2. The van der Waals surface area contributed by atoms with Crippen LogP contribution in [0.25, 0.3) is 0 Å². The zero-order valence-corrected chi connectivity index (χ0v) is 15.2. The first-order valence-corrected chi connectivity index (χ1v) is 7.91. The summed E-state index contributed by atoms with van der Waals surface area (Å²) in [5.41, 5.74) is 0. The fourth-order valence-electron chi connectivity index (χ4n) is 1.83. The topological polar surface area (TPSA) is 40.5 Å². The minimum atomic E-state index is 0. The molecule has 0 aliphatic carbocycles. The molecule has 19 heavy (non-hydrogen) atoms. The summed E-state index contributed by atoms with van der Waals surface area (Å²) >= 11 is 0. The fourth-order valence-corrected chi connectivity index (χ4v) is 1.83. The van der Waals surface area contributed by atoms with E-state index in [9.17, 15) is 0 Å². The molecule has 2 unspecified atom stereocenters. The van der Waals surface area contributed by atoms with E-state index in [1.165, 1.54) is 38.5 Å². The first kappa shape index (κ1) is 24.6. The maximum Gasteiger partial charge on any atom is 4.00 e. The van der Waals surface area contributed by atoms with Crippen molar-refractivity contribution in [3.05, 3.63) is 0 Å². The molecular weight excluding hydrogens is 272 g/mol. The number of unbranched alkanes of at least 4 members (excludes halogenated alkanes) is 2. The molecule has 0 amide bonds. The third kappa shape index (κ3) is 18.6. The molecule has 112 valence electrons. The zero-order chi connectivity index (χ0) is 14.2. The molecular formula is C16H36O2Ti+4. The monoisotopic (exact) mass is 308 g/mol. The molecule has 0 rings (SSSR count). The Hall–Kier alpha value is 0.634. The van der Waals surface area contributed by atoms with Gasteiger partial charge < -0.3 is 10.2 Å². The van der Waals surface area contributed by atoms with E-state index in [4.69, 9.17) is 10.2 Å². The first-order valence-electron chi connectivity index (χ1n) is 7.91. The van der Waals surface area contributed by atoms with Crippen LogP contribution in [0, 0.1) is 11.8 Å². The average Bonchev–Trinajstić information content (AvgIpc) is 2.42. The van der Waals surface area contributed by atoms with Gasteiger partial charge >= 0.3 is 21.7 Å². The quantitative estimate of drug-likeness (QED) is 0.588. The van der Waals surface area contributed by atoms with Crippen LogP contribution >= 0.6 is 0 Å². The molecule has 2 nitrogen and oxygen atoms in total. The van der Waals surface area contributed by atoms with Gasteiger partial charge in [0.25, 0.3) is 0 Å². The van der Waals surface area contributed by atoms with Crippen LogP contribution in [0.15, 0.2) is 0 Å². The van der Waals surface area contributed by atoms with Crippen LogP contribution in [0.3, 0.4) is 0 Å². The summed E-state index contributed by atoms with van der Waals surface area (Å²) in [5.74, 6) is 1.12. The van der Waals surface area contributed by atoms with Gasteiger partial charge in [-0.05, 0) is 24.7 Å². The maximum absolute atomic E-state index is 8.75. The Bertz CT molecular complexity index is 119. The van der Waals surface area contributed by atoms with Crippen molar-refractivity contribution in [1.82, 2.24) is 0 Å². The van der Waals surface area contributed by atoms with E-state index in [1.807, 2.05) is 0 Å². The molecule has 2 atom stereocenters. The Balaban J connectivity index is -0.000000256. The van der Waals surface area contributed by atoms with Gasteiger partial charge in [-0.25, -0.2) is 0 Å². The Labute approximate surface area is 136 Å². The van der Waals surface area contributed by atoms with Gasteiger partial charge in [-0.3, -0.25) is 0 Å². The molecule has 0 aromatic carbocycles. The van der Waals surface area contributed by atoms with Crippen LogP contribution in [0.2, 0.25) is 0 Å². The third-order valence-electron chi connectivity index (χ3n) is 3.60. The van der Waals surface area contributed by atoms with Crippen molar-refractivity contribution in [2.24, 2.45) is 11.8 Å². The van der Waals surface area contributed by atoms with E-state index in [0.29, 0.717) is 25.0 Å². The van der Waals surface area contributed by atoms with Crippen LogP contribution in [0.5, 0.6) is 0 Å². The van der Waals surface area contributed by atoms with E-state index in [0.717, 1.165) is 12.8 Å². The zero-order valence-electron chi connectivity index (χ0n) is 13.6. The summed E-state index contributed by atoms with van der Waals surface area (Å²) in [7, 11) is 0. The second-order valence-electron chi connectivity index (χ2n) is 5.20. The van der Waals surface area contributed by atoms with Crippen molar-refractivity contribution in [3.8, 4) is 0 Å². The minimum Gasteiger partial charge on any atom is -0.396 e. The van der Waals surface area contributed by atoms with Crippen LogP contribution < -0.4 is 0 Å². The van der Waals surface area contributed by atoms with Crippen molar-refractivity contribution < 1.29 is 31.9 Å². The van der Waals surface area contributed by atoms with Crippen molar-refractivity contribution in [2.75, 3.05) is 13.2 Å². The molecule has 0 radical (unpaired) electrons. The molecule has 0 saturated carbocycles. The molecule has 0 spiro atoms. The SMILES string of the molecule is CCCCC(CC)CO.CCCCC(CC)CO.[Ti+4]. The Kier molecular flexibility index (Phi) is 27.2. The van der Waals surface area contributed by atoms with E-state index >= 15 is 0 Å². The van der Waals surface area contributed by atoms with Crippen LogP contribution in [0.1, 0.15) is 79.1 Å². The van der Waals surface area contributed by atoms with Gasteiger partial charge in [-0.1, -0.05) is 66.2 Å². The summed E-state index contributed by atoms with van der Waals surface area (Å²) in [6.45, 7) is 9.38. The minimum absolute atomic E-state index is 0. The molecule has 0 bridgehead atoms. The fraction of sp³-hybridized carbons (Fsp3) is 1.00. The van der Waals surface area contributed by atoms with Gasteiger partial charge in [-0.2, -0.15) is 0 Å².